The molecule has 0 fully saturated rings. The zero-order valence-corrected chi connectivity index (χ0v) is 15.2. The first-order chi connectivity index (χ1) is 12.1. The molecule has 3 rings (SSSR count). The minimum atomic E-state index is -0.504. The topological polar surface area (TPSA) is 59.3 Å². The summed E-state index contributed by atoms with van der Waals surface area (Å²) in [6.45, 7) is 5.81. The van der Waals surface area contributed by atoms with Gasteiger partial charge in [-0.3, -0.25) is 4.68 Å². The molecule has 0 radical (unpaired) electrons. The first-order valence-corrected chi connectivity index (χ1v) is 9.21. The van der Waals surface area contributed by atoms with E-state index in [2.05, 4.69) is 41.6 Å². The van der Waals surface area contributed by atoms with E-state index in [0.717, 1.165) is 31.4 Å². The van der Waals surface area contributed by atoms with E-state index in [1.54, 1.807) is 0 Å². The van der Waals surface area contributed by atoms with Gasteiger partial charge in [0.1, 0.15) is 0 Å². The Labute approximate surface area is 150 Å². The molecule has 25 heavy (non-hydrogen) atoms. The highest BCUT2D eigenvalue weighted by Gasteiger charge is 2.21. The number of aromatic nitrogens is 2. The third kappa shape index (κ3) is 5.14. The molecule has 1 aliphatic carbocycles. The molecule has 0 amide bonds. The number of hydrogen-bond acceptors (Lipinski definition) is 4. The van der Waals surface area contributed by atoms with E-state index in [-0.39, 0.29) is 12.1 Å². The Hall–Kier alpha value is -1.69. The van der Waals surface area contributed by atoms with E-state index in [9.17, 15) is 5.11 Å². The van der Waals surface area contributed by atoms with Gasteiger partial charge in [0.05, 0.1) is 31.6 Å². The van der Waals surface area contributed by atoms with E-state index < -0.39 is 6.10 Å². The number of nitrogens with one attached hydrogen (secondary N) is 1. The lowest BCUT2D eigenvalue weighted by atomic mass is 9.89. The molecule has 5 heteroatoms. The number of fused-ring (bicyclic) bond motifs is 1. The molecule has 1 aromatic heterocycles. The van der Waals surface area contributed by atoms with Crippen LogP contribution in [0.15, 0.2) is 36.7 Å². The van der Waals surface area contributed by atoms with Gasteiger partial charge in [0.2, 0.25) is 0 Å². The molecule has 1 aliphatic rings. The third-order valence-electron chi connectivity index (χ3n) is 4.73. The van der Waals surface area contributed by atoms with Crippen LogP contribution in [-0.2, 0) is 17.7 Å². The third-order valence-corrected chi connectivity index (χ3v) is 4.73. The standard InChI is InChI=1S/C20H29N3O2/c1-15-10-22-23(12-15)13-16(2)21-11-18(24)14-25-20-9-5-7-17-6-3-4-8-19(17)20/h3-4,6,8,10,12,16,18,20-21,24H,5,7,9,11,13-14H2,1-2H3/t16-,18-,20+/m0/s1. The molecule has 5 nitrogen and oxygen atoms in total. The Kier molecular flexibility index (Phi) is 6.24. The van der Waals surface area contributed by atoms with Crippen LogP contribution in [0.5, 0.6) is 0 Å². The average molecular weight is 343 g/mol. The Morgan fingerprint density at radius 3 is 3.04 bits per heavy atom. The van der Waals surface area contributed by atoms with Crippen LogP contribution in [0.4, 0.5) is 0 Å². The molecule has 0 aliphatic heterocycles. The number of aryl methyl sites for hydroxylation is 2. The van der Waals surface area contributed by atoms with Gasteiger partial charge in [0.25, 0.3) is 0 Å². The molecular formula is C20H29N3O2. The van der Waals surface area contributed by atoms with Gasteiger partial charge in [0.15, 0.2) is 0 Å². The van der Waals surface area contributed by atoms with Crippen LogP contribution < -0.4 is 5.32 Å². The normalized spacial score (nSPS) is 19.4. The van der Waals surface area contributed by atoms with Crippen LogP contribution >= 0.6 is 0 Å². The number of benzene rings is 1. The Bertz CT molecular complexity index is 670. The fourth-order valence-electron chi connectivity index (χ4n) is 3.42. The van der Waals surface area contributed by atoms with E-state index >= 15 is 0 Å². The summed E-state index contributed by atoms with van der Waals surface area (Å²) in [6.07, 6.45) is 6.81. The Balaban J connectivity index is 1.40. The van der Waals surface area contributed by atoms with Crippen molar-refractivity contribution in [3.05, 3.63) is 53.3 Å². The second kappa shape index (κ2) is 8.61. The predicted octanol–water partition coefficient (Wildman–Crippen LogP) is 2.62. The number of aliphatic hydroxyl groups is 1. The monoisotopic (exact) mass is 343 g/mol. The maximum absolute atomic E-state index is 10.2. The first-order valence-electron chi connectivity index (χ1n) is 9.21. The summed E-state index contributed by atoms with van der Waals surface area (Å²) >= 11 is 0. The summed E-state index contributed by atoms with van der Waals surface area (Å²) in [4.78, 5) is 0. The smallest absolute Gasteiger partial charge is 0.0898 e. The van der Waals surface area contributed by atoms with E-state index in [0.29, 0.717) is 13.2 Å². The molecule has 136 valence electrons. The summed E-state index contributed by atoms with van der Waals surface area (Å²) in [5, 5.41) is 17.9. The summed E-state index contributed by atoms with van der Waals surface area (Å²) in [5.41, 5.74) is 3.83. The van der Waals surface area contributed by atoms with Gasteiger partial charge in [0, 0.05) is 18.8 Å². The highest BCUT2D eigenvalue weighted by molar-refractivity contribution is 5.31. The van der Waals surface area contributed by atoms with Crippen molar-refractivity contribution in [1.29, 1.82) is 0 Å². The maximum Gasteiger partial charge on any atom is 0.0898 e. The second-order valence-electron chi connectivity index (χ2n) is 7.12. The van der Waals surface area contributed by atoms with Crippen molar-refractivity contribution in [3.63, 3.8) is 0 Å². The molecule has 1 heterocycles. The van der Waals surface area contributed by atoms with Crippen molar-refractivity contribution in [1.82, 2.24) is 15.1 Å². The lowest BCUT2D eigenvalue weighted by Gasteiger charge is -2.27. The maximum atomic E-state index is 10.2. The van der Waals surface area contributed by atoms with Crippen molar-refractivity contribution >= 4 is 0 Å². The number of rotatable bonds is 8. The van der Waals surface area contributed by atoms with Crippen molar-refractivity contribution in [2.75, 3.05) is 13.2 Å². The van der Waals surface area contributed by atoms with E-state index in [1.807, 2.05) is 24.0 Å². The number of aliphatic hydroxyl groups excluding tert-OH is 1. The zero-order valence-electron chi connectivity index (χ0n) is 15.2. The summed E-state index contributed by atoms with van der Waals surface area (Å²) < 4.78 is 7.94. The molecule has 2 N–H and O–H groups in total. The minimum Gasteiger partial charge on any atom is -0.389 e. The quantitative estimate of drug-likeness (QED) is 0.774. The molecule has 3 atom stereocenters. The van der Waals surface area contributed by atoms with Crippen molar-refractivity contribution in [2.45, 2.75) is 57.9 Å². The van der Waals surface area contributed by atoms with Gasteiger partial charge < -0.3 is 15.2 Å². The molecule has 0 saturated carbocycles. The van der Waals surface area contributed by atoms with Crippen molar-refractivity contribution in [3.8, 4) is 0 Å². The number of nitrogens with zero attached hydrogens (tertiary/aromatic N) is 2. The minimum absolute atomic E-state index is 0.115. The van der Waals surface area contributed by atoms with Gasteiger partial charge >= 0.3 is 0 Å². The van der Waals surface area contributed by atoms with Crippen LogP contribution in [0, 0.1) is 6.92 Å². The first kappa shape index (κ1) is 18.1. The van der Waals surface area contributed by atoms with Gasteiger partial charge in [-0.25, -0.2) is 0 Å². The van der Waals surface area contributed by atoms with Gasteiger partial charge in [-0.1, -0.05) is 24.3 Å². The van der Waals surface area contributed by atoms with Crippen LogP contribution in [0.3, 0.4) is 0 Å². The molecule has 0 spiro atoms. The average Bonchev–Trinajstić information content (AvgIpc) is 3.02. The van der Waals surface area contributed by atoms with Crippen LogP contribution in [0.1, 0.15) is 42.6 Å². The SMILES string of the molecule is Cc1cnn(C[C@H](C)NC[C@H](O)CO[C@@H]2CCCc3ccccc32)c1. The van der Waals surface area contributed by atoms with E-state index in [1.165, 1.54) is 11.1 Å². The molecule has 1 aromatic carbocycles. The molecule has 0 bridgehead atoms. The predicted molar refractivity (Wildman–Crippen MR) is 98.5 cm³/mol. The van der Waals surface area contributed by atoms with Crippen LogP contribution in [0.2, 0.25) is 0 Å². The van der Waals surface area contributed by atoms with Crippen LogP contribution in [0.25, 0.3) is 0 Å². The molecule has 0 unspecified atom stereocenters. The molecule has 2 aromatic rings. The number of hydrogen-bond donors (Lipinski definition) is 2. The van der Waals surface area contributed by atoms with Gasteiger partial charge in [-0.05, 0) is 49.8 Å². The summed E-state index contributed by atoms with van der Waals surface area (Å²) in [5.74, 6) is 0. The summed E-state index contributed by atoms with van der Waals surface area (Å²) in [6, 6.07) is 8.73. The molecular weight excluding hydrogens is 314 g/mol. The van der Waals surface area contributed by atoms with Crippen molar-refractivity contribution in [2.24, 2.45) is 0 Å². The fraction of sp³-hybridized carbons (Fsp3) is 0.550. The summed E-state index contributed by atoms with van der Waals surface area (Å²) in [7, 11) is 0. The Morgan fingerprint density at radius 2 is 2.24 bits per heavy atom. The molecule has 0 saturated heterocycles. The van der Waals surface area contributed by atoms with Crippen LogP contribution in [-0.4, -0.2) is 40.2 Å². The van der Waals surface area contributed by atoms with E-state index in [4.69, 9.17) is 4.74 Å². The largest absolute Gasteiger partial charge is 0.389 e. The second-order valence-corrected chi connectivity index (χ2v) is 7.12. The zero-order chi connectivity index (χ0) is 17.6. The van der Waals surface area contributed by atoms with Gasteiger partial charge in [-0.15, -0.1) is 0 Å². The highest BCUT2D eigenvalue weighted by Crippen LogP contribution is 2.32. The van der Waals surface area contributed by atoms with Crippen molar-refractivity contribution < 1.29 is 9.84 Å². The lowest BCUT2D eigenvalue weighted by Crippen LogP contribution is -2.38. The van der Waals surface area contributed by atoms with Gasteiger partial charge in [-0.2, -0.15) is 5.10 Å². The Morgan fingerprint density at radius 1 is 1.40 bits per heavy atom. The highest BCUT2D eigenvalue weighted by atomic mass is 16.5. The number of ether oxygens (including phenoxy) is 1. The lowest BCUT2D eigenvalue weighted by molar-refractivity contribution is -0.0174. The fourth-order valence-corrected chi connectivity index (χ4v) is 3.42.